The van der Waals surface area contributed by atoms with Crippen LogP contribution in [0.15, 0.2) is 71.6 Å². The molecule has 0 aliphatic carbocycles. The van der Waals surface area contributed by atoms with Crippen LogP contribution in [0.1, 0.15) is 24.0 Å². The maximum atomic E-state index is 11.8. The highest BCUT2D eigenvalue weighted by molar-refractivity contribution is 7.86. The second kappa shape index (κ2) is 6.82. The highest BCUT2D eigenvalue weighted by Crippen LogP contribution is 2.39. The van der Waals surface area contributed by atoms with E-state index in [1.165, 1.54) is 18.2 Å². The number of phenolic OH excluding ortho intramolecular Hbond substituents is 2. The first-order valence-electron chi connectivity index (χ1n) is 7.96. The molecule has 0 saturated heterocycles. The molecule has 0 aromatic heterocycles. The Kier molecular flexibility index (Phi) is 4.71. The Bertz CT molecular complexity index is 1030. The number of phenols is 2. The maximum absolute atomic E-state index is 11.8. The molecule has 3 rings (SSSR count). The third-order valence-corrected chi connectivity index (χ3v) is 5.22. The van der Waals surface area contributed by atoms with Crippen LogP contribution in [-0.4, -0.2) is 23.2 Å². The fourth-order valence-electron chi connectivity index (χ4n) is 2.90. The van der Waals surface area contributed by atoms with Gasteiger partial charge in [0.1, 0.15) is 16.4 Å². The summed E-state index contributed by atoms with van der Waals surface area (Å²) >= 11 is 0. The molecule has 3 aromatic rings. The highest BCUT2D eigenvalue weighted by Gasteiger charge is 2.23. The average molecular weight is 370 g/mol. The van der Waals surface area contributed by atoms with E-state index in [1.54, 1.807) is 18.2 Å². The third kappa shape index (κ3) is 3.56. The van der Waals surface area contributed by atoms with Crippen LogP contribution in [0.3, 0.4) is 0 Å². The first-order chi connectivity index (χ1) is 12.3. The van der Waals surface area contributed by atoms with Crippen molar-refractivity contribution < 1.29 is 23.2 Å². The summed E-state index contributed by atoms with van der Waals surface area (Å²) in [5.74, 6) is -0.680. The minimum absolute atomic E-state index is 0.0837. The fraction of sp³-hybridized carbons (Fsp3) is 0.100. The number of rotatable bonds is 4. The quantitative estimate of drug-likeness (QED) is 0.599. The van der Waals surface area contributed by atoms with Gasteiger partial charge in [-0.2, -0.15) is 8.42 Å². The Morgan fingerprint density at radius 3 is 2.04 bits per heavy atom. The SMILES string of the molecule is CC(c1ccccc1)c1cc(-c2ccc(O)cc2)cc(S(=O)(=O)O)c1O. The third-order valence-electron chi connectivity index (χ3n) is 4.35. The molecule has 6 heteroatoms. The summed E-state index contributed by atoms with van der Waals surface area (Å²) in [4.78, 5) is -0.541. The molecule has 1 unspecified atom stereocenters. The van der Waals surface area contributed by atoms with Gasteiger partial charge >= 0.3 is 0 Å². The zero-order chi connectivity index (χ0) is 18.9. The standard InChI is InChI=1S/C20H18O5S/c1-13(14-5-3-2-4-6-14)18-11-16(15-7-9-17(21)10-8-15)12-19(20(18)22)26(23,24)25/h2-13,21-22H,1H3,(H,23,24,25). The summed E-state index contributed by atoms with van der Waals surface area (Å²) in [7, 11) is -4.61. The summed E-state index contributed by atoms with van der Waals surface area (Å²) in [5.41, 5.74) is 2.43. The van der Waals surface area contributed by atoms with Crippen molar-refractivity contribution in [2.45, 2.75) is 17.7 Å². The first-order valence-corrected chi connectivity index (χ1v) is 9.40. The van der Waals surface area contributed by atoms with Gasteiger partial charge in [0.2, 0.25) is 0 Å². The van der Waals surface area contributed by atoms with Crippen LogP contribution in [0.2, 0.25) is 0 Å². The monoisotopic (exact) mass is 370 g/mol. The molecule has 3 aromatic carbocycles. The summed E-state index contributed by atoms with van der Waals surface area (Å²) in [5, 5.41) is 19.9. The minimum atomic E-state index is -4.61. The van der Waals surface area contributed by atoms with Gasteiger partial charge in [0, 0.05) is 11.5 Å². The van der Waals surface area contributed by atoms with Crippen LogP contribution in [0, 0.1) is 0 Å². The number of aromatic hydroxyl groups is 2. The zero-order valence-corrected chi connectivity index (χ0v) is 14.8. The minimum Gasteiger partial charge on any atom is -0.508 e. The van der Waals surface area contributed by atoms with Crippen molar-refractivity contribution in [1.82, 2.24) is 0 Å². The number of hydrogen-bond donors (Lipinski definition) is 3. The van der Waals surface area contributed by atoms with Gasteiger partial charge in [-0.15, -0.1) is 0 Å². The second-order valence-corrected chi connectivity index (χ2v) is 7.46. The van der Waals surface area contributed by atoms with Crippen molar-refractivity contribution in [3.63, 3.8) is 0 Å². The van der Waals surface area contributed by atoms with Gasteiger partial charge in [-0.25, -0.2) is 0 Å². The van der Waals surface area contributed by atoms with Gasteiger partial charge in [0.25, 0.3) is 10.1 Å². The molecule has 0 aliphatic heterocycles. The summed E-state index contributed by atoms with van der Waals surface area (Å²) in [6.45, 7) is 1.85. The van der Waals surface area contributed by atoms with E-state index in [1.807, 2.05) is 37.3 Å². The Morgan fingerprint density at radius 1 is 0.846 bits per heavy atom. The van der Waals surface area contributed by atoms with Crippen LogP contribution in [0.4, 0.5) is 0 Å². The molecule has 0 fully saturated rings. The van der Waals surface area contributed by atoms with Crippen molar-refractivity contribution in [2.75, 3.05) is 0 Å². The smallest absolute Gasteiger partial charge is 0.298 e. The molecule has 134 valence electrons. The molecule has 0 spiro atoms. The Labute approximate surface area is 151 Å². The van der Waals surface area contributed by atoms with Crippen LogP contribution in [0.25, 0.3) is 11.1 Å². The summed E-state index contributed by atoms with van der Waals surface area (Å²) < 4.78 is 33.1. The molecule has 0 bridgehead atoms. The lowest BCUT2D eigenvalue weighted by atomic mass is 9.90. The largest absolute Gasteiger partial charge is 0.508 e. The van der Waals surface area contributed by atoms with Crippen molar-refractivity contribution in [3.8, 4) is 22.6 Å². The van der Waals surface area contributed by atoms with E-state index in [4.69, 9.17) is 0 Å². The van der Waals surface area contributed by atoms with Gasteiger partial charge in [-0.1, -0.05) is 49.4 Å². The van der Waals surface area contributed by atoms with Crippen molar-refractivity contribution in [1.29, 1.82) is 0 Å². The highest BCUT2D eigenvalue weighted by atomic mass is 32.2. The van der Waals surface area contributed by atoms with E-state index < -0.39 is 20.8 Å². The van der Waals surface area contributed by atoms with E-state index in [0.29, 0.717) is 16.7 Å². The van der Waals surface area contributed by atoms with E-state index >= 15 is 0 Å². The molecule has 1 atom stereocenters. The Morgan fingerprint density at radius 2 is 1.46 bits per heavy atom. The van der Waals surface area contributed by atoms with Gasteiger partial charge in [0.15, 0.2) is 0 Å². The van der Waals surface area contributed by atoms with E-state index in [0.717, 1.165) is 5.56 Å². The maximum Gasteiger partial charge on any atom is 0.298 e. The zero-order valence-electron chi connectivity index (χ0n) is 14.0. The molecule has 0 heterocycles. The molecule has 26 heavy (non-hydrogen) atoms. The van der Waals surface area contributed by atoms with Crippen LogP contribution < -0.4 is 0 Å². The predicted octanol–water partition coefficient (Wildman–Crippen LogP) is 4.16. The van der Waals surface area contributed by atoms with Crippen LogP contribution in [-0.2, 0) is 10.1 Å². The van der Waals surface area contributed by atoms with Crippen molar-refractivity contribution in [2.24, 2.45) is 0 Å². The second-order valence-electron chi connectivity index (χ2n) is 6.07. The number of hydrogen-bond acceptors (Lipinski definition) is 4. The molecular formula is C20H18O5S. The lowest BCUT2D eigenvalue weighted by Gasteiger charge is -2.18. The summed E-state index contributed by atoms with van der Waals surface area (Å²) in [6.07, 6.45) is 0. The summed E-state index contributed by atoms with van der Waals surface area (Å²) in [6, 6.07) is 18.5. The topological polar surface area (TPSA) is 94.8 Å². The van der Waals surface area contributed by atoms with Gasteiger partial charge < -0.3 is 10.2 Å². The molecular weight excluding hydrogens is 352 g/mol. The molecule has 5 nitrogen and oxygen atoms in total. The van der Waals surface area contributed by atoms with E-state index in [2.05, 4.69) is 0 Å². The molecule has 0 amide bonds. The van der Waals surface area contributed by atoms with Crippen LogP contribution >= 0.6 is 0 Å². The predicted molar refractivity (Wildman–Crippen MR) is 99.0 cm³/mol. The van der Waals surface area contributed by atoms with Gasteiger partial charge in [0.05, 0.1) is 0 Å². The normalized spacial score (nSPS) is 12.7. The fourth-order valence-corrected chi connectivity index (χ4v) is 3.54. The molecule has 3 N–H and O–H groups in total. The molecule has 0 saturated carbocycles. The molecule has 0 aliphatic rings. The van der Waals surface area contributed by atoms with E-state index in [-0.39, 0.29) is 11.7 Å². The lowest BCUT2D eigenvalue weighted by Crippen LogP contribution is -2.04. The Balaban J connectivity index is 2.23. The van der Waals surface area contributed by atoms with Crippen LogP contribution in [0.5, 0.6) is 11.5 Å². The lowest BCUT2D eigenvalue weighted by molar-refractivity contribution is 0.436. The van der Waals surface area contributed by atoms with Gasteiger partial charge in [-0.3, -0.25) is 4.55 Å². The van der Waals surface area contributed by atoms with Gasteiger partial charge in [-0.05, 0) is 41.0 Å². The number of benzene rings is 3. The average Bonchev–Trinajstić information content (AvgIpc) is 2.62. The molecule has 0 radical (unpaired) electrons. The first kappa shape index (κ1) is 18.0. The Hall–Kier alpha value is -2.83. The van der Waals surface area contributed by atoms with Crippen molar-refractivity contribution in [3.05, 3.63) is 77.9 Å². The van der Waals surface area contributed by atoms with E-state index in [9.17, 15) is 23.2 Å². The van der Waals surface area contributed by atoms with Crippen molar-refractivity contribution >= 4 is 10.1 Å².